The first-order valence-corrected chi connectivity index (χ1v) is 6.01. The maximum atomic E-state index is 10.6. The van der Waals surface area contributed by atoms with Gasteiger partial charge in [0.05, 0.1) is 5.60 Å². The summed E-state index contributed by atoms with van der Waals surface area (Å²) < 4.78 is 0. The summed E-state index contributed by atoms with van der Waals surface area (Å²) in [5, 5.41) is 10.6. The molecule has 80 valence electrons. The minimum atomic E-state index is -0.533. The lowest BCUT2D eigenvalue weighted by Gasteiger charge is -2.36. The van der Waals surface area contributed by atoms with E-state index in [2.05, 4.69) is 12.1 Å². The van der Waals surface area contributed by atoms with Crippen molar-refractivity contribution in [2.45, 2.75) is 44.1 Å². The molecule has 2 fully saturated rings. The second-order valence-electron chi connectivity index (χ2n) is 5.40. The Kier molecular flexibility index (Phi) is 1.93. The fourth-order valence-corrected chi connectivity index (χ4v) is 2.91. The third-order valence-electron chi connectivity index (χ3n) is 4.41. The molecular formula is C14H18O. The highest BCUT2D eigenvalue weighted by atomic mass is 16.3. The van der Waals surface area contributed by atoms with Crippen LogP contribution in [0.1, 0.15) is 44.1 Å². The molecule has 1 aromatic rings. The van der Waals surface area contributed by atoms with Crippen LogP contribution in [0.3, 0.4) is 0 Å². The van der Waals surface area contributed by atoms with Crippen LogP contribution in [0.4, 0.5) is 0 Å². The minimum Gasteiger partial charge on any atom is -0.385 e. The monoisotopic (exact) mass is 202 g/mol. The molecule has 0 amide bonds. The molecule has 15 heavy (non-hydrogen) atoms. The van der Waals surface area contributed by atoms with Gasteiger partial charge >= 0.3 is 0 Å². The van der Waals surface area contributed by atoms with Gasteiger partial charge < -0.3 is 5.11 Å². The lowest BCUT2D eigenvalue weighted by atomic mass is 9.73. The number of hydrogen-bond acceptors (Lipinski definition) is 1. The van der Waals surface area contributed by atoms with Crippen LogP contribution >= 0.6 is 0 Å². The Morgan fingerprint density at radius 3 is 1.87 bits per heavy atom. The van der Waals surface area contributed by atoms with E-state index in [0.717, 1.165) is 18.4 Å². The second kappa shape index (κ2) is 3.08. The normalized spacial score (nSPS) is 26.5. The summed E-state index contributed by atoms with van der Waals surface area (Å²) >= 11 is 0. The Bertz CT molecular complexity index is 341. The highest BCUT2D eigenvalue weighted by Crippen LogP contribution is 2.59. The van der Waals surface area contributed by atoms with Crippen molar-refractivity contribution in [1.82, 2.24) is 0 Å². The van der Waals surface area contributed by atoms with Crippen LogP contribution in [0, 0.1) is 5.41 Å². The number of hydrogen-bond donors (Lipinski definition) is 1. The van der Waals surface area contributed by atoms with Gasteiger partial charge in [-0.1, -0.05) is 30.3 Å². The average Bonchev–Trinajstić information content (AvgIpc) is 3.05. The van der Waals surface area contributed by atoms with Crippen LogP contribution in [0.15, 0.2) is 30.3 Å². The molecule has 1 heteroatoms. The highest BCUT2D eigenvalue weighted by molar-refractivity contribution is 5.23. The molecule has 0 radical (unpaired) electrons. The summed E-state index contributed by atoms with van der Waals surface area (Å²) in [7, 11) is 0. The zero-order valence-corrected chi connectivity index (χ0v) is 9.08. The van der Waals surface area contributed by atoms with Crippen LogP contribution in [0.25, 0.3) is 0 Å². The van der Waals surface area contributed by atoms with E-state index in [4.69, 9.17) is 0 Å². The lowest BCUT2D eigenvalue weighted by molar-refractivity contribution is -0.0185. The molecule has 1 aromatic carbocycles. The molecule has 0 unspecified atom stereocenters. The van der Waals surface area contributed by atoms with Crippen molar-refractivity contribution in [3.05, 3.63) is 35.9 Å². The topological polar surface area (TPSA) is 20.2 Å². The third kappa shape index (κ3) is 1.59. The Morgan fingerprint density at radius 1 is 0.800 bits per heavy atom. The van der Waals surface area contributed by atoms with Crippen molar-refractivity contribution in [3.63, 3.8) is 0 Å². The molecule has 1 nitrogen and oxygen atoms in total. The van der Waals surface area contributed by atoms with Gasteiger partial charge in [-0.15, -0.1) is 0 Å². The van der Waals surface area contributed by atoms with Gasteiger partial charge in [0, 0.05) is 0 Å². The van der Waals surface area contributed by atoms with Gasteiger partial charge in [-0.05, 0) is 49.5 Å². The van der Waals surface area contributed by atoms with Crippen LogP contribution in [0.5, 0.6) is 0 Å². The standard InChI is InChI=1S/C14H18O/c15-14(12-4-2-1-3-5-12)10-8-13(6-7-13)9-11-14/h1-5,15H,6-11H2. The molecule has 0 saturated heterocycles. The first-order chi connectivity index (χ1) is 7.23. The molecule has 1 N–H and O–H groups in total. The zero-order valence-electron chi connectivity index (χ0n) is 9.08. The Hall–Kier alpha value is -0.820. The molecule has 1 spiro atoms. The quantitative estimate of drug-likeness (QED) is 0.741. The minimum absolute atomic E-state index is 0.533. The third-order valence-corrected chi connectivity index (χ3v) is 4.41. The van der Waals surface area contributed by atoms with Crippen LogP contribution in [0.2, 0.25) is 0 Å². The molecular weight excluding hydrogens is 184 g/mol. The predicted molar refractivity (Wildman–Crippen MR) is 60.5 cm³/mol. The Balaban J connectivity index is 1.80. The molecule has 0 aliphatic heterocycles. The largest absolute Gasteiger partial charge is 0.385 e. The van der Waals surface area contributed by atoms with E-state index in [-0.39, 0.29) is 0 Å². The zero-order chi connectivity index (χ0) is 10.4. The second-order valence-corrected chi connectivity index (χ2v) is 5.40. The SMILES string of the molecule is OC1(c2ccccc2)CCC2(CC2)CC1. The molecule has 0 aromatic heterocycles. The average molecular weight is 202 g/mol. The van der Waals surface area contributed by atoms with Gasteiger partial charge in [-0.3, -0.25) is 0 Å². The van der Waals surface area contributed by atoms with E-state index in [1.165, 1.54) is 25.7 Å². The van der Waals surface area contributed by atoms with Gasteiger partial charge in [-0.25, -0.2) is 0 Å². The summed E-state index contributed by atoms with van der Waals surface area (Å²) in [5.41, 5.74) is 1.23. The first-order valence-electron chi connectivity index (χ1n) is 6.01. The maximum absolute atomic E-state index is 10.6. The Morgan fingerprint density at radius 2 is 1.33 bits per heavy atom. The van der Waals surface area contributed by atoms with E-state index < -0.39 is 5.60 Å². The van der Waals surface area contributed by atoms with E-state index in [1.54, 1.807) is 0 Å². The van der Waals surface area contributed by atoms with Gasteiger partial charge in [0.2, 0.25) is 0 Å². The summed E-state index contributed by atoms with van der Waals surface area (Å²) in [6.45, 7) is 0. The summed E-state index contributed by atoms with van der Waals surface area (Å²) in [6.07, 6.45) is 7.15. The van der Waals surface area contributed by atoms with Gasteiger partial charge in [0.1, 0.15) is 0 Å². The molecule has 0 atom stereocenters. The van der Waals surface area contributed by atoms with E-state index in [1.807, 2.05) is 18.2 Å². The van der Waals surface area contributed by atoms with Crippen LogP contribution in [-0.4, -0.2) is 5.11 Å². The molecule has 0 bridgehead atoms. The molecule has 2 aliphatic rings. The van der Waals surface area contributed by atoms with E-state index >= 15 is 0 Å². The maximum Gasteiger partial charge on any atom is 0.0897 e. The predicted octanol–water partition coefficient (Wildman–Crippen LogP) is 3.23. The van der Waals surface area contributed by atoms with Gasteiger partial charge in [0.15, 0.2) is 0 Å². The summed E-state index contributed by atoms with van der Waals surface area (Å²) in [6, 6.07) is 10.2. The van der Waals surface area contributed by atoms with Crippen LogP contribution in [-0.2, 0) is 5.60 Å². The number of benzene rings is 1. The number of aliphatic hydroxyl groups is 1. The van der Waals surface area contributed by atoms with E-state index in [0.29, 0.717) is 5.41 Å². The van der Waals surface area contributed by atoms with Crippen molar-refractivity contribution in [1.29, 1.82) is 0 Å². The van der Waals surface area contributed by atoms with Crippen molar-refractivity contribution in [2.24, 2.45) is 5.41 Å². The first kappa shape index (κ1) is 9.41. The highest BCUT2D eigenvalue weighted by Gasteiger charge is 2.49. The lowest BCUT2D eigenvalue weighted by Crippen LogP contribution is -2.31. The van der Waals surface area contributed by atoms with Crippen molar-refractivity contribution in [3.8, 4) is 0 Å². The van der Waals surface area contributed by atoms with Crippen molar-refractivity contribution in [2.75, 3.05) is 0 Å². The van der Waals surface area contributed by atoms with Crippen molar-refractivity contribution >= 4 is 0 Å². The summed E-state index contributed by atoms with van der Waals surface area (Å²) in [4.78, 5) is 0. The molecule has 2 aliphatic carbocycles. The van der Waals surface area contributed by atoms with Crippen LogP contribution < -0.4 is 0 Å². The van der Waals surface area contributed by atoms with Gasteiger partial charge in [-0.2, -0.15) is 0 Å². The fraction of sp³-hybridized carbons (Fsp3) is 0.571. The summed E-state index contributed by atoms with van der Waals surface area (Å²) in [5.74, 6) is 0. The fourth-order valence-electron chi connectivity index (χ4n) is 2.91. The van der Waals surface area contributed by atoms with Crippen molar-refractivity contribution < 1.29 is 5.11 Å². The van der Waals surface area contributed by atoms with Gasteiger partial charge in [0.25, 0.3) is 0 Å². The van der Waals surface area contributed by atoms with E-state index in [9.17, 15) is 5.11 Å². The smallest absolute Gasteiger partial charge is 0.0897 e. The molecule has 2 saturated carbocycles. The molecule has 0 heterocycles. The number of rotatable bonds is 1. The molecule has 3 rings (SSSR count). The Labute approximate surface area is 91.1 Å².